The summed E-state index contributed by atoms with van der Waals surface area (Å²) in [5, 5.41) is 0.114. The lowest BCUT2D eigenvalue weighted by molar-refractivity contribution is -0.120. The molecule has 0 aromatic heterocycles. The number of rotatable bonds is 5. The van der Waals surface area contributed by atoms with Crippen LogP contribution >= 0.6 is 11.6 Å². The van der Waals surface area contributed by atoms with E-state index in [1.54, 1.807) is 9.80 Å². The van der Waals surface area contributed by atoms with Gasteiger partial charge in [-0.15, -0.1) is 0 Å². The van der Waals surface area contributed by atoms with Crippen molar-refractivity contribution in [2.24, 2.45) is 0 Å². The zero-order valence-corrected chi connectivity index (χ0v) is 17.4. The fourth-order valence-corrected chi connectivity index (χ4v) is 3.78. The van der Waals surface area contributed by atoms with E-state index < -0.39 is 5.82 Å². The molecule has 0 bridgehead atoms. The lowest BCUT2D eigenvalue weighted by Gasteiger charge is -2.36. The van der Waals surface area contributed by atoms with Gasteiger partial charge in [0.25, 0.3) is 5.91 Å². The van der Waals surface area contributed by atoms with Crippen LogP contribution in [0.15, 0.2) is 48.5 Å². The summed E-state index contributed by atoms with van der Waals surface area (Å²) in [4.78, 5) is 31.1. The predicted molar refractivity (Wildman–Crippen MR) is 113 cm³/mol. The first-order valence-electron chi connectivity index (χ1n) is 9.70. The summed E-state index contributed by atoms with van der Waals surface area (Å²) in [6, 6.07) is 13.5. The van der Waals surface area contributed by atoms with Crippen LogP contribution in [0.1, 0.15) is 24.2 Å². The lowest BCUT2D eigenvalue weighted by Crippen LogP contribution is -2.52. The number of piperazine rings is 1. The number of carbonyl (C=O) groups excluding carboxylic acids is 2. The van der Waals surface area contributed by atoms with Crippen LogP contribution in [0.2, 0.25) is 5.02 Å². The molecule has 3 rings (SSSR count). The molecule has 1 aliphatic rings. The van der Waals surface area contributed by atoms with Gasteiger partial charge in [-0.1, -0.05) is 29.8 Å². The fraction of sp³-hybridized carbons (Fsp3) is 0.364. The van der Waals surface area contributed by atoms with Crippen molar-refractivity contribution in [1.82, 2.24) is 9.80 Å². The number of hydrogen-bond donors (Lipinski definition) is 0. The zero-order chi connectivity index (χ0) is 21.0. The summed E-state index contributed by atoms with van der Waals surface area (Å²) in [6.45, 7) is 6.46. The number of nitrogens with zero attached hydrogens (tertiary/aromatic N) is 3. The summed E-state index contributed by atoms with van der Waals surface area (Å²) in [6.07, 6.45) is 0. The molecule has 0 unspecified atom stereocenters. The average molecular weight is 418 g/mol. The van der Waals surface area contributed by atoms with Crippen LogP contribution in [0.4, 0.5) is 10.1 Å². The lowest BCUT2D eigenvalue weighted by atomic mass is 10.1. The van der Waals surface area contributed by atoms with Gasteiger partial charge >= 0.3 is 0 Å². The van der Waals surface area contributed by atoms with Crippen molar-refractivity contribution in [1.29, 1.82) is 0 Å². The van der Waals surface area contributed by atoms with Crippen LogP contribution in [-0.2, 0) is 4.79 Å². The Morgan fingerprint density at radius 3 is 2.31 bits per heavy atom. The van der Waals surface area contributed by atoms with Gasteiger partial charge < -0.3 is 9.80 Å². The summed E-state index contributed by atoms with van der Waals surface area (Å²) in [5.41, 5.74) is 1.18. The second-order valence-corrected chi connectivity index (χ2v) is 7.79. The molecular formula is C22H25ClFN3O2. The minimum Gasteiger partial charge on any atom is -0.336 e. The molecule has 1 fully saturated rings. The maximum absolute atomic E-state index is 13.2. The normalized spacial score (nSPS) is 14.9. The van der Waals surface area contributed by atoms with Crippen LogP contribution in [-0.4, -0.2) is 60.4 Å². The van der Waals surface area contributed by atoms with Crippen molar-refractivity contribution < 1.29 is 14.0 Å². The summed E-state index contributed by atoms with van der Waals surface area (Å²) in [5.74, 6) is -0.648. The molecule has 0 radical (unpaired) electrons. The quantitative estimate of drug-likeness (QED) is 0.745. The third kappa shape index (κ3) is 5.14. The molecule has 1 saturated heterocycles. The zero-order valence-electron chi connectivity index (χ0n) is 16.6. The monoisotopic (exact) mass is 417 g/mol. The van der Waals surface area contributed by atoms with Gasteiger partial charge in [-0.05, 0) is 44.2 Å². The predicted octanol–water partition coefficient (Wildman–Crippen LogP) is 3.68. The minimum atomic E-state index is -0.469. The number of benzene rings is 2. The Bertz CT molecular complexity index is 868. The maximum atomic E-state index is 13.2. The van der Waals surface area contributed by atoms with Gasteiger partial charge in [0.1, 0.15) is 5.82 Å². The highest BCUT2D eigenvalue weighted by atomic mass is 35.5. The van der Waals surface area contributed by atoms with Crippen molar-refractivity contribution in [3.05, 3.63) is 64.9 Å². The van der Waals surface area contributed by atoms with Crippen LogP contribution < -0.4 is 4.90 Å². The molecule has 2 amide bonds. The number of halogens is 2. The SMILES string of the molecule is CC(C)N(C(=O)CN1CCN(C(=O)c2ccc(F)cc2Cl)CC1)c1ccccc1. The highest BCUT2D eigenvalue weighted by Crippen LogP contribution is 2.21. The molecule has 1 aliphatic heterocycles. The molecular weight excluding hydrogens is 393 g/mol. The number of anilines is 1. The summed E-state index contributed by atoms with van der Waals surface area (Å²) < 4.78 is 13.2. The maximum Gasteiger partial charge on any atom is 0.255 e. The van der Waals surface area contributed by atoms with Crippen molar-refractivity contribution in [3.63, 3.8) is 0 Å². The van der Waals surface area contributed by atoms with Crippen LogP contribution in [0, 0.1) is 5.82 Å². The first-order valence-corrected chi connectivity index (χ1v) is 10.1. The smallest absolute Gasteiger partial charge is 0.255 e. The number of carbonyl (C=O) groups is 2. The van der Waals surface area contributed by atoms with Gasteiger partial charge in [-0.25, -0.2) is 4.39 Å². The van der Waals surface area contributed by atoms with Gasteiger partial charge in [-0.2, -0.15) is 0 Å². The molecule has 29 heavy (non-hydrogen) atoms. The first-order chi connectivity index (χ1) is 13.9. The molecule has 0 N–H and O–H groups in total. The van der Waals surface area contributed by atoms with Crippen molar-refractivity contribution in [2.75, 3.05) is 37.6 Å². The number of amides is 2. The average Bonchev–Trinajstić information content (AvgIpc) is 2.69. The van der Waals surface area contributed by atoms with E-state index in [0.29, 0.717) is 38.3 Å². The standard InChI is InChI=1S/C22H25ClFN3O2/c1-16(2)27(18-6-4-3-5-7-18)21(28)15-25-10-12-26(13-11-25)22(29)19-9-8-17(24)14-20(19)23/h3-9,14,16H,10-13,15H2,1-2H3. The van der Waals surface area contributed by atoms with Crippen molar-refractivity contribution >= 4 is 29.1 Å². The van der Waals surface area contributed by atoms with E-state index in [1.165, 1.54) is 12.1 Å². The van der Waals surface area contributed by atoms with E-state index in [2.05, 4.69) is 4.90 Å². The third-order valence-electron chi connectivity index (χ3n) is 5.00. The van der Waals surface area contributed by atoms with Gasteiger partial charge in [-0.3, -0.25) is 14.5 Å². The molecule has 7 heteroatoms. The summed E-state index contributed by atoms with van der Waals surface area (Å²) >= 11 is 6.02. The fourth-order valence-electron chi connectivity index (χ4n) is 3.53. The van der Waals surface area contributed by atoms with Crippen molar-refractivity contribution in [3.8, 4) is 0 Å². The van der Waals surface area contributed by atoms with Crippen LogP contribution in [0.3, 0.4) is 0 Å². The molecule has 0 saturated carbocycles. The Hall–Kier alpha value is -2.44. The third-order valence-corrected chi connectivity index (χ3v) is 5.31. The largest absolute Gasteiger partial charge is 0.336 e. The summed E-state index contributed by atoms with van der Waals surface area (Å²) in [7, 11) is 0. The molecule has 5 nitrogen and oxygen atoms in total. The highest BCUT2D eigenvalue weighted by Gasteiger charge is 2.27. The van der Waals surface area contributed by atoms with E-state index >= 15 is 0 Å². The van der Waals surface area contributed by atoms with E-state index in [1.807, 2.05) is 44.2 Å². The Kier molecular flexibility index (Phi) is 6.87. The van der Waals surface area contributed by atoms with Gasteiger partial charge in [0.15, 0.2) is 0 Å². The molecule has 0 spiro atoms. The van der Waals surface area contributed by atoms with E-state index in [-0.39, 0.29) is 22.9 Å². The van der Waals surface area contributed by atoms with E-state index in [9.17, 15) is 14.0 Å². The Morgan fingerprint density at radius 2 is 1.72 bits per heavy atom. The van der Waals surface area contributed by atoms with Gasteiger partial charge in [0.05, 0.1) is 17.1 Å². The van der Waals surface area contributed by atoms with E-state index in [0.717, 1.165) is 11.8 Å². The number of para-hydroxylation sites is 1. The molecule has 0 atom stereocenters. The topological polar surface area (TPSA) is 43.9 Å². The minimum absolute atomic E-state index is 0.0348. The van der Waals surface area contributed by atoms with Gasteiger partial charge in [0, 0.05) is 37.9 Å². The Labute approximate surface area is 175 Å². The molecule has 2 aromatic rings. The molecule has 2 aromatic carbocycles. The van der Waals surface area contributed by atoms with Crippen molar-refractivity contribution in [2.45, 2.75) is 19.9 Å². The second kappa shape index (κ2) is 9.37. The van der Waals surface area contributed by atoms with Crippen LogP contribution in [0.5, 0.6) is 0 Å². The van der Waals surface area contributed by atoms with Crippen LogP contribution in [0.25, 0.3) is 0 Å². The highest BCUT2D eigenvalue weighted by molar-refractivity contribution is 6.33. The Balaban J connectivity index is 1.59. The number of hydrogen-bond acceptors (Lipinski definition) is 3. The van der Waals surface area contributed by atoms with E-state index in [4.69, 9.17) is 11.6 Å². The Morgan fingerprint density at radius 1 is 1.07 bits per heavy atom. The molecule has 0 aliphatic carbocycles. The first kappa shape index (κ1) is 21.3. The molecule has 154 valence electrons. The second-order valence-electron chi connectivity index (χ2n) is 7.39. The van der Waals surface area contributed by atoms with Gasteiger partial charge in [0.2, 0.25) is 5.91 Å². The molecule has 1 heterocycles.